The summed E-state index contributed by atoms with van der Waals surface area (Å²) in [4.78, 5) is 1.40. The van der Waals surface area contributed by atoms with E-state index in [4.69, 9.17) is 11.6 Å². The van der Waals surface area contributed by atoms with Gasteiger partial charge in [0.15, 0.2) is 0 Å². The number of thiophene rings is 1. The molecule has 0 aliphatic heterocycles. The van der Waals surface area contributed by atoms with Crippen LogP contribution in [0.2, 0.25) is 5.02 Å². The molecule has 0 bridgehead atoms. The van der Waals surface area contributed by atoms with Crippen molar-refractivity contribution >= 4 is 33.0 Å². The largest absolute Gasteiger partial charge is 0.139 e. The van der Waals surface area contributed by atoms with Crippen LogP contribution in [0, 0.1) is 0 Å². The van der Waals surface area contributed by atoms with Crippen molar-refractivity contribution in [2.75, 3.05) is 0 Å². The lowest BCUT2D eigenvalue weighted by molar-refractivity contribution is 1.19. The summed E-state index contributed by atoms with van der Waals surface area (Å²) in [6.07, 6.45) is 1.09. The number of benzene rings is 1. The summed E-state index contributed by atoms with van der Waals surface area (Å²) >= 11 is 7.83. The maximum Gasteiger partial charge on any atom is 0.0584 e. The molecular weight excluding hydrogens is 188 g/mol. The Morgan fingerprint density at radius 3 is 2.92 bits per heavy atom. The average molecular weight is 197 g/mol. The molecule has 0 aliphatic carbocycles. The molecule has 1 aromatic carbocycles. The summed E-state index contributed by atoms with van der Waals surface area (Å²) in [5.74, 6) is 0. The van der Waals surface area contributed by atoms with Crippen LogP contribution in [-0.4, -0.2) is 0 Å². The van der Waals surface area contributed by atoms with Gasteiger partial charge < -0.3 is 0 Å². The molecule has 0 saturated carbocycles. The minimum atomic E-state index is 0.872. The quantitative estimate of drug-likeness (QED) is 0.644. The van der Waals surface area contributed by atoms with Gasteiger partial charge in [-0.25, -0.2) is 0 Å². The second-order valence-electron chi connectivity index (χ2n) is 2.72. The van der Waals surface area contributed by atoms with E-state index < -0.39 is 0 Å². The number of fused-ring (bicyclic) bond motifs is 1. The molecule has 1 aromatic heterocycles. The number of aryl methyl sites for hydroxylation is 1. The van der Waals surface area contributed by atoms with Crippen LogP contribution in [0.15, 0.2) is 24.3 Å². The van der Waals surface area contributed by atoms with E-state index in [0.717, 1.165) is 11.4 Å². The van der Waals surface area contributed by atoms with Gasteiger partial charge in [-0.05, 0) is 23.9 Å². The van der Waals surface area contributed by atoms with Crippen LogP contribution in [0.3, 0.4) is 0 Å². The first-order valence-corrected chi connectivity index (χ1v) is 5.17. The topological polar surface area (TPSA) is 0 Å². The van der Waals surface area contributed by atoms with Gasteiger partial charge in [-0.15, -0.1) is 11.3 Å². The van der Waals surface area contributed by atoms with Gasteiger partial charge in [0.25, 0.3) is 0 Å². The minimum absolute atomic E-state index is 0.872. The third-order valence-electron chi connectivity index (χ3n) is 1.90. The van der Waals surface area contributed by atoms with E-state index in [1.807, 2.05) is 12.1 Å². The highest BCUT2D eigenvalue weighted by Gasteiger charge is 2.02. The van der Waals surface area contributed by atoms with Crippen LogP contribution in [-0.2, 0) is 6.42 Å². The SMILES string of the molecule is CCc1cc2cccc(Cl)c2s1. The van der Waals surface area contributed by atoms with Crippen molar-refractivity contribution in [1.82, 2.24) is 0 Å². The van der Waals surface area contributed by atoms with Crippen molar-refractivity contribution in [2.45, 2.75) is 13.3 Å². The van der Waals surface area contributed by atoms with E-state index in [2.05, 4.69) is 19.1 Å². The fourth-order valence-electron chi connectivity index (χ4n) is 1.26. The van der Waals surface area contributed by atoms with Gasteiger partial charge in [-0.3, -0.25) is 0 Å². The summed E-state index contributed by atoms with van der Waals surface area (Å²) < 4.78 is 1.22. The number of halogens is 1. The van der Waals surface area contributed by atoms with E-state index in [0.29, 0.717) is 0 Å². The maximum atomic E-state index is 6.04. The van der Waals surface area contributed by atoms with Gasteiger partial charge in [0, 0.05) is 4.88 Å². The summed E-state index contributed by atoms with van der Waals surface area (Å²) in [6, 6.07) is 8.26. The van der Waals surface area contributed by atoms with E-state index in [-0.39, 0.29) is 0 Å². The standard InChI is InChI=1S/C10H9ClS/c1-2-8-6-7-4-3-5-9(11)10(7)12-8/h3-6H,2H2,1H3. The van der Waals surface area contributed by atoms with Gasteiger partial charge in [-0.1, -0.05) is 30.7 Å². The van der Waals surface area contributed by atoms with E-state index in [1.165, 1.54) is 15.0 Å². The minimum Gasteiger partial charge on any atom is -0.139 e. The summed E-state index contributed by atoms with van der Waals surface area (Å²) in [7, 11) is 0. The number of hydrogen-bond donors (Lipinski definition) is 0. The van der Waals surface area contributed by atoms with Crippen LogP contribution in [0.4, 0.5) is 0 Å². The van der Waals surface area contributed by atoms with Crippen molar-refractivity contribution in [1.29, 1.82) is 0 Å². The molecule has 2 aromatic rings. The molecule has 0 fully saturated rings. The van der Waals surface area contributed by atoms with E-state index in [9.17, 15) is 0 Å². The molecule has 0 nitrogen and oxygen atoms in total. The molecular formula is C10H9ClS. The molecule has 2 heteroatoms. The lowest BCUT2D eigenvalue weighted by Gasteiger charge is -1.89. The molecule has 62 valence electrons. The summed E-state index contributed by atoms with van der Waals surface area (Å²) in [6.45, 7) is 2.17. The van der Waals surface area contributed by atoms with Crippen LogP contribution in [0.5, 0.6) is 0 Å². The first kappa shape index (κ1) is 8.09. The highest BCUT2D eigenvalue weighted by molar-refractivity contribution is 7.19. The van der Waals surface area contributed by atoms with E-state index in [1.54, 1.807) is 11.3 Å². The Labute approximate surface area is 80.8 Å². The Bertz CT molecular complexity index is 403. The normalized spacial score (nSPS) is 10.8. The summed E-state index contributed by atoms with van der Waals surface area (Å²) in [5, 5.41) is 2.14. The first-order valence-electron chi connectivity index (χ1n) is 3.98. The Morgan fingerprint density at radius 1 is 1.42 bits per heavy atom. The van der Waals surface area contributed by atoms with E-state index >= 15 is 0 Å². The third-order valence-corrected chi connectivity index (χ3v) is 3.65. The zero-order chi connectivity index (χ0) is 8.55. The van der Waals surface area contributed by atoms with Crippen molar-refractivity contribution in [3.05, 3.63) is 34.2 Å². The smallest absolute Gasteiger partial charge is 0.0584 e. The van der Waals surface area contributed by atoms with Gasteiger partial charge in [-0.2, -0.15) is 0 Å². The van der Waals surface area contributed by atoms with Crippen molar-refractivity contribution in [3.8, 4) is 0 Å². The first-order chi connectivity index (χ1) is 5.81. The molecule has 0 atom stereocenters. The van der Waals surface area contributed by atoms with Crippen LogP contribution in [0.25, 0.3) is 10.1 Å². The Balaban J connectivity index is 2.74. The van der Waals surface area contributed by atoms with Crippen molar-refractivity contribution in [3.63, 3.8) is 0 Å². The van der Waals surface area contributed by atoms with Crippen molar-refractivity contribution in [2.24, 2.45) is 0 Å². The highest BCUT2D eigenvalue weighted by Crippen LogP contribution is 2.31. The Hall–Kier alpha value is -0.530. The molecule has 1 heterocycles. The lowest BCUT2D eigenvalue weighted by Crippen LogP contribution is -1.64. The van der Waals surface area contributed by atoms with Crippen LogP contribution >= 0.6 is 22.9 Å². The zero-order valence-electron chi connectivity index (χ0n) is 6.80. The van der Waals surface area contributed by atoms with Crippen LogP contribution in [0.1, 0.15) is 11.8 Å². The molecule has 0 aliphatic rings. The predicted molar refractivity (Wildman–Crippen MR) is 56.2 cm³/mol. The maximum absolute atomic E-state index is 6.04. The lowest BCUT2D eigenvalue weighted by atomic mass is 10.2. The fourth-order valence-corrected chi connectivity index (χ4v) is 2.56. The van der Waals surface area contributed by atoms with Gasteiger partial charge in [0.05, 0.1) is 9.72 Å². The monoisotopic (exact) mass is 196 g/mol. The third kappa shape index (κ3) is 1.23. The molecule has 0 radical (unpaired) electrons. The van der Waals surface area contributed by atoms with Gasteiger partial charge in [0.1, 0.15) is 0 Å². The van der Waals surface area contributed by atoms with Gasteiger partial charge >= 0.3 is 0 Å². The fraction of sp³-hybridized carbons (Fsp3) is 0.200. The molecule has 0 N–H and O–H groups in total. The molecule has 2 rings (SSSR count). The second-order valence-corrected chi connectivity index (χ2v) is 4.27. The molecule has 0 spiro atoms. The Morgan fingerprint density at radius 2 is 2.25 bits per heavy atom. The number of rotatable bonds is 1. The summed E-state index contributed by atoms with van der Waals surface area (Å²) in [5.41, 5.74) is 0. The molecule has 0 amide bonds. The molecule has 12 heavy (non-hydrogen) atoms. The highest BCUT2D eigenvalue weighted by atomic mass is 35.5. The van der Waals surface area contributed by atoms with Crippen LogP contribution < -0.4 is 0 Å². The molecule has 0 saturated heterocycles. The Kier molecular flexibility index (Phi) is 2.07. The zero-order valence-corrected chi connectivity index (χ0v) is 8.38. The van der Waals surface area contributed by atoms with Crippen molar-refractivity contribution < 1.29 is 0 Å². The number of hydrogen-bond acceptors (Lipinski definition) is 1. The average Bonchev–Trinajstić information content (AvgIpc) is 2.49. The van der Waals surface area contributed by atoms with Gasteiger partial charge in [0.2, 0.25) is 0 Å². The predicted octanol–water partition coefficient (Wildman–Crippen LogP) is 4.12. The molecule has 0 unspecified atom stereocenters. The second kappa shape index (κ2) is 3.08.